The van der Waals surface area contributed by atoms with Crippen molar-refractivity contribution >= 4 is 17.7 Å². The van der Waals surface area contributed by atoms with Crippen molar-refractivity contribution in [3.8, 4) is 0 Å². The summed E-state index contributed by atoms with van der Waals surface area (Å²) in [5.41, 5.74) is 4.51. The Morgan fingerprint density at radius 1 is 1.00 bits per heavy atom. The van der Waals surface area contributed by atoms with Crippen molar-refractivity contribution in [2.45, 2.75) is 45.1 Å². The number of rotatable bonds is 8. The van der Waals surface area contributed by atoms with E-state index in [1.165, 1.54) is 18.1 Å². The lowest BCUT2D eigenvalue weighted by Gasteiger charge is -2.16. The first-order chi connectivity index (χ1) is 13.5. The number of benzene rings is 2. The number of aryl methyl sites for hydroxylation is 2. The molecule has 28 heavy (non-hydrogen) atoms. The molecule has 0 fully saturated rings. The number of hydrogen-bond donors (Lipinski definition) is 1. The summed E-state index contributed by atoms with van der Waals surface area (Å²) in [6.45, 7) is 1.05. The Balaban J connectivity index is 1.47. The summed E-state index contributed by atoms with van der Waals surface area (Å²) in [7, 11) is 0. The molecular formula is C23H25NO4. The van der Waals surface area contributed by atoms with Gasteiger partial charge in [0, 0.05) is 0 Å². The quantitative estimate of drug-likeness (QED) is 0.716. The van der Waals surface area contributed by atoms with Crippen molar-refractivity contribution in [1.82, 2.24) is 5.32 Å². The number of esters is 1. The monoisotopic (exact) mass is 379 g/mol. The first-order valence-electron chi connectivity index (χ1n) is 9.61. The number of hydrogen-bond acceptors (Lipinski definition) is 4. The summed E-state index contributed by atoms with van der Waals surface area (Å²) >= 11 is 0. The number of ketones is 1. The van der Waals surface area contributed by atoms with Crippen LogP contribution in [-0.2, 0) is 44.8 Å². The number of ether oxygens (including phenoxy) is 1. The molecule has 0 heterocycles. The molecule has 0 unspecified atom stereocenters. The van der Waals surface area contributed by atoms with Gasteiger partial charge in [0.05, 0.1) is 12.5 Å². The van der Waals surface area contributed by atoms with Crippen molar-refractivity contribution in [2.24, 2.45) is 0 Å². The second-order valence-electron chi connectivity index (χ2n) is 7.21. The van der Waals surface area contributed by atoms with Gasteiger partial charge < -0.3 is 10.1 Å². The molecule has 0 aliphatic heterocycles. The molecule has 5 nitrogen and oxygen atoms in total. The highest BCUT2D eigenvalue weighted by atomic mass is 16.5. The summed E-state index contributed by atoms with van der Waals surface area (Å²) < 4.78 is 5.10. The number of nitrogens with one attached hydrogen (secondary N) is 1. The van der Waals surface area contributed by atoms with Crippen LogP contribution in [0.3, 0.4) is 0 Å². The van der Waals surface area contributed by atoms with Crippen molar-refractivity contribution in [1.29, 1.82) is 0 Å². The van der Waals surface area contributed by atoms with Crippen LogP contribution in [-0.4, -0.2) is 30.3 Å². The third-order valence-corrected chi connectivity index (χ3v) is 4.98. The SMILES string of the molecule is CC(=O)[C@@H](Cc1ccccc1)NC(=O)COC(=O)Cc1ccc2c(c1)CCC2. The van der Waals surface area contributed by atoms with E-state index in [4.69, 9.17) is 4.74 Å². The third-order valence-electron chi connectivity index (χ3n) is 4.98. The van der Waals surface area contributed by atoms with Gasteiger partial charge in [-0.1, -0.05) is 48.5 Å². The van der Waals surface area contributed by atoms with Crippen LogP contribution in [0.15, 0.2) is 48.5 Å². The van der Waals surface area contributed by atoms with Crippen molar-refractivity contribution in [3.63, 3.8) is 0 Å². The molecule has 2 aromatic rings. The molecule has 3 rings (SSSR count). The summed E-state index contributed by atoms with van der Waals surface area (Å²) in [6, 6.07) is 14.9. The molecule has 1 aliphatic carbocycles. The van der Waals surface area contributed by atoms with Crippen molar-refractivity contribution in [3.05, 3.63) is 70.8 Å². The summed E-state index contributed by atoms with van der Waals surface area (Å²) in [6.07, 6.45) is 3.85. The van der Waals surface area contributed by atoms with E-state index in [2.05, 4.69) is 17.4 Å². The zero-order chi connectivity index (χ0) is 19.9. The maximum atomic E-state index is 12.1. The Hall–Kier alpha value is -2.95. The predicted octanol–water partition coefficient (Wildman–Crippen LogP) is 2.58. The number of carbonyl (C=O) groups excluding carboxylic acids is 3. The Kier molecular flexibility index (Phi) is 6.58. The molecule has 0 radical (unpaired) electrons. The van der Waals surface area contributed by atoms with Crippen molar-refractivity contribution in [2.75, 3.05) is 6.61 Å². The highest BCUT2D eigenvalue weighted by molar-refractivity contribution is 5.89. The smallest absolute Gasteiger partial charge is 0.310 e. The lowest BCUT2D eigenvalue weighted by Crippen LogP contribution is -2.43. The van der Waals surface area contributed by atoms with E-state index in [0.717, 1.165) is 30.4 Å². The minimum absolute atomic E-state index is 0.137. The average Bonchev–Trinajstić information content (AvgIpc) is 3.14. The van der Waals surface area contributed by atoms with Gasteiger partial charge in [-0.2, -0.15) is 0 Å². The fraction of sp³-hybridized carbons (Fsp3) is 0.348. The second-order valence-corrected chi connectivity index (χ2v) is 7.21. The Labute approximate surface area is 165 Å². The van der Waals surface area contributed by atoms with E-state index < -0.39 is 17.9 Å². The number of Topliss-reactive ketones (excluding diaryl/α,β-unsaturated/α-hetero) is 1. The van der Waals surface area contributed by atoms with Gasteiger partial charge in [0.1, 0.15) is 0 Å². The zero-order valence-electron chi connectivity index (χ0n) is 16.1. The van der Waals surface area contributed by atoms with Crippen LogP contribution in [0, 0.1) is 0 Å². The molecule has 5 heteroatoms. The number of fused-ring (bicyclic) bond motifs is 1. The molecule has 1 N–H and O–H groups in total. The van der Waals surface area contributed by atoms with E-state index in [0.29, 0.717) is 6.42 Å². The van der Waals surface area contributed by atoms with Crippen LogP contribution in [0.1, 0.15) is 35.6 Å². The highest BCUT2D eigenvalue weighted by Gasteiger charge is 2.19. The maximum Gasteiger partial charge on any atom is 0.310 e. The van der Waals surface area contributed by atoms with E-state index in [1.54, 1.807) is 0 Å². The predicted molar refractivity (Wildman–Crippen MR) is 106 cm³/mol. The van der Waals surface area contributed by atoms with Crippen LogP contribution < -0.4 is 5.32 Å². The highest BCUT2D eigenvalue weighted by Crippen LogP contribution is 2.23. The van der Waals surface area contributed by atoms with Crippen LogP contribution in [0.5, 0.6) is 0 Å². The summed E-state index contributed by atoms with van der Waals surface area (Å²) in [5, 5.41) is 2.65. The summed E-state index contributed by atoms with van der Waals surface area (Å²) in [4.78, 5) is 36.0. The first-order valence-corrected chi connectivity index (χ1v) is 9.61. The zero-order valence-corrected chi connectivity index (χ0v) is 16.1. The molecule has 0 bridgehead atoms. The van der Waals surface area contributed by atoms with E-state index in [1.807, 2.05) is 36.4 Å². The molecule has 0 spiro atoms. The largest absolute Gasteiger partial charge is 0.455 e. The second kappa shape index (κ2) is 9.31. The fourth-order valence-corrected chi connectivity index (χ4v) is 3.48. The van der Waals surface area contributed by atoms with Crippen molar-refractivity contribution < 1.29 is 19.1 Å². The number of amides is 1. The van der Waals surface area contributed by atoms with Gasteiger partial charge in [0.25, 0.3) is 5.91 Å². The molecule has 2 aromatic carbocycles. The van der Waals surface area contributed by atoms with Crippen LogP contribution in [0.4, 0.5) is 0 Å². The van der Waals surface area contributed by atoms with E-state index in [9.17, 15) is 14.4 Å². The Morgan fingerprint density at radius 2 is 1.75 bits per heavy atom. The Morgan fingerprint density at radius 3 is 2.50 bits per heavy atom. The van der Waals surface area contributed by atoms with Gasteiger partial charge >= 0.3 is 5.97 Å². The van der Waals surface area contributed by atoms with Gasteiger partial charge in [-0.15, -0.1) is 0 Å². The molecule has 1 atom stereocenters. The van der Waals surface area contributed by atoms with Crippen LogP contribution >= 0.6 is 0 Å². The molecule has 0 aromatic heterocycles. The molecule has 0 saturated heterocycles. The van der Waals surface area contributed by atoms with Gasteiger partial charge in [-0.3, -0.25) is 14.4 Å². The fourth-order valence-electron chi connectivity index (χ4n) is 3.48. The minimum atomic E-state index is -0.634. The Bertz CT molecular complexity index is 860. The van der Waals surface area contributed by atoms with Crippen LogP contribution in [0.25, 0.3) is 0 Å². The van der Waals surface area contributed by atoms with Gasteiger partial charge in [0.15, 0.2) is 12.4 Å². The first kappa shape index (κ1) is 19.8. The third kappa shape index (κ3) is 5.52. The standard InChI is InChI=1S/C23H25NO4/c1-16(25)21(13-17-6-3-2-4-7-17)24-22(26)15-28-23(27)14-18-10-11-19-8-5-9-20(19)12-18/h2-4,6-7,10-12,21H,5,8-9,13-15H2,1H3,(H,24,26)/t21-/m1/s1. The van der Waals surface area contributed by atoms with E-state index >= 15 is 0 Å². The molecule has 0 saturated carbocycles. The molecule has 146 valence electrons. The average molecular weight is 379 g/mol. The minimum Gasteiger partial charge on any atom is -0.455 e. The summed E-state index contributed by atoms with van der Waals surface area (Å²) in [5.74, 6) is -1.06. The van der Waals surface area contributed by atoms with Gasteiger partial charge in [0.2, 0.25) is 0 Å². The lowest BCUT2D eigenvalue weighted by molar-refractivity contribution is -0.148. The molecule has 1 aliphatic rings. The van der Waals surface area contributed by atoms with Gasteiger partial charge in [-0.05, 0) is 54.9 Å². The van der Waals surface area contributed by atoms with Crippen LogP contribution in [0.2, 0.25) is 0 Å². The maximum absolute atomic E-state index is 12.1. The normalized spacial score (nSPS) is 13.5. The number of carbonyl (C=O) groups is 3. The molecule has 1 amide bonds. The lowest BCUT2D eigenvalue weighted by atomic mass is 10.0. The van der Waals surface area contributed by atoms with E-state index in [-0.39, 0.29) is 18.8 Å². The molecular weight excluding hydrogens is 354 g/mol. The van der Waals surface area contributed by atoms with Gasteiger partial charge in [-0.25, -0.2) is 0 Å². The topological polar surface area (TPSA) is 72.5 Å².